The van der Waals surface area contributed by atoms with E-state index in [1.807, 2.05) is 0 Å². The van der Waals surface area contributed by atoms with Gasteiger partial charge < -0.3 is 33.8 Å². The molecule has 0 saturated carbocycles. The van der Waals surface area contributed by atoms with Crippen molar-refractivity contribution in [3.63, 3.8) is 0 Å². The van der Waals surface area contributed by atoms with Gasteiger partial charge >= 0.3 is 39.5 Å². The lowest BCUT2D eigenvalue weighted by Gasteiger charge is -2.21. The second-order valence-corrected chi connectivity index (χ2v) is 30.7. The van der Waals surface area contributed by atoms with Crippen molar-refractivity contribution in [1.29, 1.82) is 0 Å². The second kappa shape index (κ2) is 66.9. The zero-order chi connectivity index (χ0) is 69.3. The predicted molar refractivity (Wildman–Crippen MR) is 381 cm³/mol. The molecule has 0 aliphatic heterocycles. The van der Waals surface area contributed by atoms with Crippen molar-refractivity contribution < 1.29 is 80.2 Å². The third-order valence-corrected chi connectivity index (χ3v) is 19.7. The van der Waals surface area contributed by atoms with Crippen LogP contribution >= 0.6 is 15.6 Å². The molecule has 0 rings (SSSR count). The fourth-order valence-electron chi connectivity index (χ4n) is 11.4. The van der Waals surface area contributed by atoms with Crippen LogP contribution in [0.15, 0.2) is 0 Å². The SMILES string of the molecule is CCCCCCCCCCCCCCCCCCCCCCC(=O)O[C@H](COC(=O)CCCCCCCCCCCCCCC)COP(=O)(O)OC[C@@H](O)COP(=O)(O)OC[C@@H](COC(=O)CCCCCCCCC(C)C)OC(=O)CCCCCCCCCCC(C)CC. The summed E-state index contributed by atoms with van der Waals surface area (Å²) in [5, 5.41) is 10.6. The number of aliphatic hydroxyl groups is 1. The molecule has 0 saturated heterocycles. The lowest BCUT2D eigenvalue weighted by molar-refractivity contribution is -0.161. The van der Waals surface area contributed by atoms with E-state index in [4.69, 9.17) is 37.0 Å². The summed E-state index contributed by atoms with van der Waals surface area (Å²) in [5.41, 5.74) is 0. The van der Waals surface area contributed by atoms with Crippen LogP contribution in [-0.4, -0.2) is 96.7 Å². The van der Waals surface area contributed by atoms with Gasteiger partial charge in [0.25, 0.3) is 0 Å². The summed E-state index contributed by atoms with van der Waals surface area (Å²) < 4.78 is 68.4. The first-order valence-corrected chi connectivity index (χ1v) is 42.0. The van der Waals surface area contributed by atoms with Gasteiger partial charge in [0, 0.05) is 25.7 Å². The van der Waals surface area contributed by atoms with Gasteiger partial charge in [-0.15, -0.1) is 0 Å². The molecule has 6 atom stereocenters. The highest BCUT2D eigenvalue weighted by molar-refractivity contribution is 7.47. The molecule has 0 aliphatic rings. The molecule has 0 aromatic heterocycles. The minimum atomic E-state index is -4.96. The number of rotatable bonds is 74. The molecule has 19 heteroatoms. The van der Waals surface area contributed by atoms with Gasteiger partial charge in [0.1, 0.15) is 19.3 Å². The molecule has 0 fully saturated rings. The number of aliphatic hydroxyl groups excluding tert-OH is 1. The highest BCUT2D eigenvalue weighted by Gasteiger charge is 2.30. The van der Waals surface area contributed by atoms with Crippen LogP contribution in [0.5, 0.6) is 0 Å². The van der Waals surface area contributed by atoms with Crippen molar-refractivity contribution in [1.82, 2.24) is 0 Å². The maximum Gasteiger partial charge on any atom is 0.472 e. The van der Waals surface area contributed by atoms with Crippen molar-refractivity contribution >= 4 is 39.5 Å². The first-order chi connectivity index (χ1) is 45.4. The van der Waals surface area contributed by atoms with E-state index in [0.29, 0.717) is 31.6 Å². The Morgan fingerprint density at radius 2 is 0.543 bits per heavy atom. The molecule has 0 bridgehead atoms. The van der Waals surface area contributed by atoms with Crippen molar-refractivity contribution in [3.8, 4) is 0 Å². The Bertz CT molecular complexity index is 1820. The molecule has 94 heavy (non-hydrogen) atoms. The van der Waals surface area contributed by atoms with Crippen molar-refractivity contribution in [3.05, 3.63) is 0 Å². The second-order valence-electron chi connectivity index (χ2n) is 27.8. The van der Waals surface area contributed by atoms with E-state index in [1.54, 1.807) is 0 Å². The molecular weight excluding hydrogens is 1230 g/mol. The Hall–Kier alpha value is -1.94. The maximum absolute atomic E-state index is 13.1. The molecule has 0 aliphatic carbocycles. The summed E-state index contributed by atoms with van der Waals surface area (Å²) in [7, 11) is -9.91. The number of unbranched alkanes of at least 4 members (excludes halogenated alkanes) is 43. The molecule has 0 aromatic rings. The van der Waals surface area contributed by atoms with E-state index in [9.17, 15) is 43.2 Å². The summed E-state index contributed by atoms with van der Waals surface area (Å²) in [5.74, 6) is -0.672. The van der Waals surface area contributed by atoms with E-state index >= 15 is 0 Å². The normalized spacial score (nSPS) is 14.3. The molecule has 3 unspecified atom stereocenters. The Labute approximate surface area is 575 Å². The average molecular weight is 1380 g/mol. The molecular formula is C75H146O17P2. The van der Waals surface area contributed by atoms with Gasteiger partial charge in [-0.25, -0.2) is 9.13 Å². The Morgan fingerprint density at radius 1 is 0.309 bits per heavy atom. The van der Waals surface area contributed by atoms with Crippen LogP contribution in [0.4, 0.5) is 0 Å². The lowest BCUT2D eigenvalue weighted by Crippen LogP contribution is -2.30. The van der Waals surface area contributed by atoms with Gasteiger partial charge in [-0.2, -0.15) is 0 Å². The molecule has 0 aromatic carbocycles. The molecule has 0 amide bonds. The van der Waals surface area contributed by atoms with Crippen molar-refractivity contribution in [2.45, 2.75) is 407 Å². The number of hydrogen-bond donors (Lipinski definition) is 3. The first kappa shape index (κ1) is 92.1. The molecule has 3 N–H and O–H groups in total. The van der Waals surface area contributed by atoms with E-state index < -0.39 is 97.5 Å². The third kappa shape index (κ3) is 67.3. The topological polar surface area (TPSA) is 237 Å². The number of ether oxygens (including phenoxy) is 4. The summed E-state index contributed by atoms with van der Waals surface area (Å²) in [6.45, 7) is 9.50. The Morgan fingerprint density at radius 3 is 0.809 bits per heavy atom. The van der Waals surface area contributed by atoms with Gasteiger partial charge in [0.15, 0.2) is 12.2 Å². The van der Waals surface area contributed by atoms with Gasteiger partial charge in [-0.1, -0.05) is 337 Å². The standard InChI is InChI=1S/C75H146O17P2/c1-7-10-12-14-16-18-20-22-23-24-25-26-27-28-30-32-34-39-47-53-59-74(79)91-70(63-85-72(77)57-51-45-38-33-31-29-21-19-17-15-13-11-8-2)65-89-93(81,82)87-61-69(76)62-88-94(83,84)90-66-71(64-86-73(78)58-52-46-42-41-43-49-55-67(4)5)92-75(80)60-54-48-40-36-35-37-44-50-56-68(6)9-3/h67-71,76H,7-66H2,1-6H3,(H,81,82)(H,83,84)/t68?,69-,70-,71-/m1/s1. The van der Waals surface area contributed by atoms with Crippen molar-refractivity contribution in [2.75, 3.05) is 39.6 Å². The van der Waals surface area contributed by atoms with E-state index in [0.717, 1.165) is 102 Å². The lowest BCUT2D eigenvalue weighted by atomic mass is 9.99. The average Bonchev–Trinajstić information content (AvgIpc) is 1.59. The van der Waals surface area contributed by atoms with Crippen LogP contribution in [0.3, 0.4) is 0 Å². The predicted octanol–water partition coefficient (Wildman–Crippen LogP) is 21.9. The zero-order valence-corrected chi connectivity index (χ0v) is 63.1. The molecule has 0 spiro atoms. The Kier molecular flexibility index (Phi) is 65.5. The summed E-state index contributed by atoms with van der Waals surface area (Å²) >= 11 is 0. The fourth-order valence-corrected chi connectivity index (χ4v) is 13.0. The summed E-state index contributed by atoms with van der Waals surface area (Å²) in [6.07, 6.45) is 54.3. The van der Waals surface area contributed by atoms with Gasteiger partial charge in [-0.3, -0.25) is 37.3 Å². The van der Waals surface area contributed by atoms with Crippen LogP contribution in [0.2, 0.25) is 0 Å². The van der Waals surface area contributed by atoms with Crippen LogP contribution in [0.1, 0.15) is 388 Å². The highest BCUT2D eigenvalue weighted by atomic mass is 31.2. The molecule has 0 radical (unpaired) electrons. The molecule has 558 valence electrons. The van der Waals surface area contributed by atoms with Gasteiger partial charge in [0.2, 0.25) is 0 Å². The van der Waals surface area contributed by atoms with E-state index in [-0.39, 0.29) is 25.7 Å². The number of carbonyl (C=O) groups is 4. The number of phosphoric acid groups is 2. The highest BCUT2D eigenvalue weighted by Crippen LogP contribution is 2.45. The quantitative estimate of drug-likeness (QED) is 0.0222. The van der Waals surface area contributed by atoms with Gasteiger partial charge in [-0.05, 0) is 37.5 Å². The zero-order valence-electron chi connectivity index (χ0n) is 61.3. The number of phosphoric ester groups is 2. The molecule has 0 heterocycles. The molecule has 17 nitrogen and oxygen atoms in total. The van der Waals surface area contributed by atoms with Gasteiger partial charge in [0.05, 0.1) is 26.4 Å². The van der Waals surface area contributed by atoms with E-state index in [2.05, 4.69) is 41.5 Å². The van der Waals surface area contributed by atoms with Crippen LogP contribution in [0.25, 0.3) is 0 Å². The fraction of sp³-hybridized carbons (Fsp3) is 0.947. The summed E-state index contributed by atoms with van der Waals surface area (Å²) in [4.78, 5) is 72.7. The first-order valence-electron chi connectivity index (χ1n) is 39.0. The van der Waals surface area contributed by atoms with Crippen LogP contribution in [-0.2, 0) is 65.4 Å². The Balaban J connectivity index is 5.21. The number of esters is 4. The monoisotopic (exact) mass is 1380 g/mol. The van der Waals surface area contributed by atoms with Crippen LogP contribution < -0.4 is 0 Å². The van der Waals surface area contributed by atoms with Crippen molar-refractivity contribution in [2.24, 2.45) is 11.8 Å². The number of hydrogen-bond acceptors (Lipinski definition) is 15. The third-order valence-electron chi connectivity index (χ3n) is 17.8. The minimum absolute atomic E-state index is 0.104. The van der Waals surface area contributed by atoms with E-state index in [1.165, 1.54) is 199 Å². The van der Waals surface area contributed by atoms with Crippen LogP contribution in [0, 0.1) is 11.8 Å². The smallest absolute Gasteiger partial charge is 0.462 e. The maximum atomic E-state index is 13.1. The number of carbonyl (C=O) groups excluding carboxylic acids is 4. The minimum Gasteiger partial charge on any atom is -0.462 e. The largest absolute Gasteiger partial charge is 0.472 e. The summed E-state index contributed by atoms with van der Waals surface area (Å²) in [6, 6.07) is 0.